The van der Waals surface area contributed by atoms with E-state index in [0.717, 1.165) is 44.4 Å². The Bertz CT molecular complexity index is 454. The maximum absolute atomic E-state index is 6.13. The predicted octanol–water partition coefficient (Wildman–Crippen LogP) is 2.37. The molecule has 0 aromatic heterocycles. The highest BCUT2D eigenvalue weighted by atomic mass is 16.5. The first-order valence-electron chi connectivity index (χ1n) is 7.97. The Balaban J connectivity index is 1.60. The second-order valence-corrected chi connectivity index (χ2v) is 6.12. The van der Waals surface area contributed by atoms with Gasteiger partial charge in [-0.2, -0.15) is 0 Å². The summed E-state index contributed by atoms with van der Waals surface area (Å²) >= 11 is 0. The summed E-state index contributed by atoms with van der Waals surface area (Å²) in [4.78, 5) is 2.62. The third-order valence-electron chi connectivity index (χ3n) is 4.63. The van der Waals surface area contributed by atoms with Crippen molar-refractivity contribution in [2.45, 2.75) is 45.3 Å². The van der Waals surface area contributed by atoms with Crippen molar-refractivity contribution in [1.29, 1.82) is 0 Å². The molecule has 0 aliphatic carbocycles. The molecule has 3 rings (SSSR count). The number of fused-ring (bicyclic) bond motifs is 1. The van der Waals surface area contributed by atoms with Gasteiger partial charge in [0.2, 0.25) is 0 Å². The van der Waals surface area contributed by atoms with Crippen LogP contribution in [0.5, 0.6) is 5.75 Å². The van der Waals surface area contributed by atoms with Gasteiger partial charge in [0.05, 0.1) is 0 Å². The first kappa shape index (κ1) is 13.9. The molecule has 2 aliphatic rings. The molecule has 1 aromatic carbocycles. The number of nitrogens with zero attached hydrogens (tertiary/aromatic N) is 1. The van der Waals surface area contributed by atoms with Gasteiger partial charge in [0.25, 0.3) is 0 Å². The summed E-state index contributed by atoms with van der Waals surface area (Å²) in [5.41, 5.74) is 2.72. The topological polar surface area (TPSA) is 24.5 Å². The highest BCUT2D eigenvalue weighted by molar-refractivity contribution is 5.40. The van der Waals surface area contributed by atoms with E-state index >= 15 is 0 Å². The molecule has 0 amide bonds. The largest absolute Gasteiger partial charge is 0.488 e. The van der Waals surface area contributed by atoms with E-state index in [1.807, 2.05) is 0 Å². The zero-order chi connectivity index (χ0) is 13.9. The molecular formula is C17H26N2O. The molecule has 0 radical (unpaired) electrons. The van der Waals surface area contributed by atoms with Crippen LogP contribution in [0.15, 0.2) is 18.2 Å². The fraction of sp³-hybridized carbons (Fsp3) is 0.647. The minimum Gasteiger partial charge on any atom is -0.488 e. The summed E-state index contributed by atoms with van der Waals surface area (Å²) in [5, 5.41) is 3.45. The first-order valence-corrected chi connectivity index (χ1v) is 7.97. The minimum absolute atomic E-state index is 0.335. The third-order valence-corrected chi connectivity index (χ3v) is 4.63. The molecule has 1 aromatic rings. The van der Waals surface area contributed by atoms with Gasteiger partial charge in [-0.05, 0) is 51.0 Å². The van der Waals surface area contributed by atoms with Crippen molar-refractivity contribution in [2.24, 2.45) is 0 Å². The van der Waals surface area contributed by atoms with Gasteiger partial charge in [-0.15, -0.1) is 0 Å². The van der Waals surface area contributed by atoms with Crippen molar-refractivity contribution in [3.63, 3.8) is 0 Å². The molecule has 1 N–H and O–H groups in total. The zero-order valence-corrected chi connectivity index (χ0v) is 12.7. The number of aryl methyl sites for hydroxylation is 1. The lowest BCUT2D eigenvalue weighted by Gasteiger charge is -2.35. The van der Waals surface area contributed by atoms with Gasteiger partial charge in [0.15, 0.2) is 0 Å². The van der Waals surface area contributed by atoms with Crippen molar-refractivity contribution >= 4 is 0 Å². The number of hydrogen-bond donors (Lipinski definition) is 1. The van der Waals surface area contributed by atoms with Gasteiger partial charge in [0.1, 0.15) is 11.9 Å². The lowest BCUT2D eigenvalue weighted by molar-refractivity contribution is 0.105. The molecule has 1 fully saturated rings. The number of hydrogen-bond acceptors (Lipinski definition) is 3. The van der Waals surface area contributed by atoms with Crippen molar-refractivity contribution < 1.29 is 4.74 Å². The second kappa shape index (κ2) is 6.15. The van der Waals surface area contributed by atoms with Crippen molar-refractivity contribution in [2.75, 3.05) is 26.2 Å². The molecule has 0 bridgehead atoms. The normalized spacial score (nSPS) is 22.9. The number of likely N-dealkylation sites (N-methyl/N-ethyl adjacent to an activating group) is 1. The van der Waals surface area contributed by atoms with Gasteiger partial charge in [0, 0.05) is 19.0 Å². The highest BCUT2D eigenvalue weighted by Gasteiger charge is 2.27. The quantitative estimate of drug-likeness (QED) is 0.912. The molecular weight excluding hydrogens is 248 g/mol. The molecule has 0 saturated carbocycles. The summed E-state index contributed by atoms with van der Waals surface area (Å²) < 4.78 is 6.13. The first-order chi connectivity index (χ1) is 9.76. The molecule has 2 aliphatic heterocycles. The van der Waals surface area contributed by atoms with Crippen LogP contribution in [0.3, 0.4) is 0 Å². The Morgan fingerprint density at radius 2 is 2.10 bits per heavy atom. The van der Waals surface area contributed by atoms with E-state index in [-0.39, 0.29) is 0 Å². The van der Waals surface area contributed by atoms with Crippen LogP contribution in [0.1, 0.15) is 30.9 Å². The summed E-state index contributed by atoms with van der Waals surface area (Å²) in [5.74, 6) is 1.10. The monoisotopic (exact) mass is 274 g/mol. The predicted molar refractivity (Wildman–Crippen MR) is 82.4 cm³/mol. The van der Waals surface area contributed by atoms with E-state index in [0.29, 0.717) is 6.10 Å². The van der Waals surface area contributed by atoms with Crippen LogP contribution in [-0.2, 0) is 6.42 Å². The van der Waals surface area contributed by atoms with Crippen LogP contribution in [0.4, 0.5) is 0 Å². The molecule has 0 spiro atoms. The lowest BCUT2D eigenvalue weighted by Crippen LogP contribution is -2.46. The van der Waals surface area contributed by atoms with E-state index in [2.05, 4.69) is 42.3 Å². The van der Waals surface area contributed by atoms with Crippen molar-refractivity contribution in [3.8, 4) is 5.75 Å². The molecule has 1 atom stereocenters. The van der Waals surface area contributed by atoms with Gasteiger partial charge in [-0.1, -0.05) is 24.6 Å². The zero-order valence-electron chi connectivity index (χ0n) is 12.7. The van der Waals surface area contributed by atoms with Crippen LogP contribution >= 0.6 is 0 Å². The summed E-state index contributed by atoms with van der Waals surface area (Å²) in [6.45, 7) is 8.93. The van der Waals surface area contributed by atoms with Crippen LogP contribution in [0.25, 0.3) is 0 Å². The smallest absolute Gasteiger partial charge is 0.123 e. The van der Waals surface area contributed by atoms with Crippen LogP contribution in [0, 0.1) is 6.92 Å². The summed E-state index contributed by atoms with van der Waals surface area (Å²) in [6, 6.07) is 7.28. The average molecular weight is 274 g/mol. The van der Waals surface area contributed by atoms with Crippen LogP contribution in [0.2, 0.25) is 0 Å². The number of nitrogens with one attached hydrogen (secondary N) is 1. The molecule has 20 heavy (non-hydrogen) atoms. The maximum Gasteiger partial charge on any atom is 0.123 e. The average Bonchev–Trinajstić information content (AvgIpc) is 2.87. The van der Waals surface area contributed by atoms with E-state index in [4.69, 9.17) is 4.74 Å². The van der Waals surface area contributed by atoms with Crippen LogP contribution in [-0.4, -0.2) is 43.2 Å². The fourth-order valence-corrected chi connectivity index (χ4v) is 3.52. The van der Waals surface area contributed by atoms with Gasteiger partial charge in [-0.3, -0.25) is 4.90 Å². The minimum atomic E-state index is 0.335. The Kier molecular flexibility index (Phi) is 4.27. The van der Waals surface area contributed by atoms with Crippen molar-refractivity contribution in [1.82, 2.24) is 10.2 Å². The van der Waals surface area contributed by atoms with Crippen LogP contribution < -0.4 is 10.1 Å². The highest BCUT2D eigenvalue weighted by Crippen LogP contribution is 2.30. The standard InChI is InChI=1S/C17H26N2O/c1-3-19(15-6-8-18-9-7-15)12-16-11-14-10-13(2)4-5-17(14)20-16/h4-5,10,15-16,18H,3,6-9,11-12H2,1-2H3. The number of rotatable bonds is 4. The van der Waals surface area contributed by atoms with E-state index < -0.39 is 0 Å². The molecule has 110 valence electrons. The number of ether oxygens (including phenoxy) is 1. The Morgan fingerprint density at radius 3 is 2.85 bits per heavy atom. The Morgan fingerprint density at radius 1 is 1.30 bits per heavy atom. The molecule has 2 heterocycles. The van der Waals surface area contributed by atoms with Gasteiger partial charge in [-0.25, -0.2) is 0 Å². The molecule has 3 nitrogen and oxygen atoms in total. The van der Waals surface area contributed by atoms with Crippen molar-refractivity contribution in [3.05, 3.63) is 29.3 Å². The van der Waals surface area contributed by atoms with Gasteiger partial charge >= 0.3 is 0 Å². The third kappa shape index (κ3) is 2.99. The van der Waals surface area contributed by atoms with Gasteiger partial charge < -0.3 is 10.1 Å². The number of benzene rings is 1. The van der Waals surface area contributed by atoms with E-state index in [1.165, 1.54) is 24.0 Å². The lowest BCUT2D eigenvalue weighted by atomic mass is 10.0. The maximum atomic E-state index is 6.13. The van der Waals surface area contributed by atoms with E-state index in [1.54, 1.807) is 0 Å². The number of piperidine rings is 1. The fourth-order valence-electron chi connectivity index (χ4n) is 3.52. The summed E-state index contributed by atoms with van der Waals surface area (Å²) in [7, 11) is 0. The SMILES string of the molecule is CCN(CC1Cc2cc(C)ccc2O1)C1CCNCC1. The molecule has 3 heteroatoms. The second-order valence-electron chi connectivity index (χ2n) is 6.12. The van der Waals surface area contributed by atoms with E-state index in [9.17, 15) is 0 Å². The molecule has 1 saturated heterocycles. The Labute approximate surface area is 122 Å². The molecule has 1 unspecified atom stereocenters. The Hall–Kier alpha value is -1.06. The summed E-state index contributed by atoms with van der Waals surface area (Å²) in [6.07, 6.45) is 3.94.